The number of carbonyl (C=O) groups is 1. The van der Waals surface area contributed by atoms with Crippen molar-refractivity contribution in [3.05, 3.63) is 12.2 Å². The van der Waals surface area contributed by atoms with Crippen LogP contribution in [0, 0.1) is 0 Å². The third-order valence-corrected chi connectivity index (χ3v) is 1.62. The molecule has 0 saturated carbocycles. The Balaban J connectivity index is 3.32. The number of amides is 1. The molecule has 11 heavy (non-hydrogen) atoms. The Morgan fingerprint density at radius 3 is 2.82 bits per heavy atom. The number of hydrogen-bond acceptors (Lipinski definition) is 1. The fraction of sp³-hybridized carbons (Fsp3) is 0.625. The molecule has 0 saturated heterocycles. The van der Waals surface area contributed by atoms with E-state index in [-0.39, 0.29) is 10.7 Å². The molecule has 1 atom stereocenters. The second kappa shape index (κ2) is 6.40. The van der Waals surface area contributed by atoms with Gasteiger partial charge in [0, 0.05) is 6.54 Å². The smallest absolute Gasteiger partial charge is 0.233 e. The van der Waals surface area contributed by atoms with Crippen LogP contribution < -0.4 is 5.32 Å². The van der Waals surface area contributed by atoms with E-state index in [1.54, 1.807) is 0 Å². The Morgan fingerprint density at radius 2 is 2.36 bits per heavy atom. The van der Waals surface area contributed by atoms with E-state index in [0.29, 0.717) is 0 Å². The van der Waals surface area contributed by atoms with Gasteiger partial charge in [-0.1, -0.05) is 28.1 Å². The van der Waals surface area contributed by atoms with Crippen LogP contribution in [0.3, 0.4) is 0 Å². The van der Waals surface area contributed by atoms with Gasteiger partial charge in [-0.3, -0.25) is 4.79 Å². The summed E-state index contributed by atoms with van der Waals surface area (Å²) in [7, 11) is 0. The molecule has 1 amide bonds. The summed E-state index contributed by atoms with van der Waals surface area (Å²) in [5.74, 6) is 0.0505. The van der Waals surface area contributed by atoms with Gasteiger partial charge in [0.15, 0.2) is 0 Å². The third kappa shape index (κ3) is 6.10. The monoisotopic (exact) mass is 219 g/mol. The van der Waals surface area contributed by atoms with Crippen molar-refractivity contribution in [3.8, 4) is 0 Å². The van der Waals surface area contributed by atoms with Crippen molar-refractivity contribution in [2.45, 2.75) is 25.1 Å². The first-order valence-electron chi connectivity index (χ1n) is 3.71. The number of rotatable bonds is 4. The van der Waals surface area contributed by atoms with Gasteiger partial charge in [-0.25, -0.2) is 0 Å². The highest BCUT2D eigenvalue weighted by atomic mass is 79.9. The SMILES string of the molecule is C/C=C/CCNC(=O)C(C)Br. The van der Waals surface area contributed by atoms with Gasteiger partial charge in [-0.15, -0.1) is 0 Å². The fourth-order valence-electron chi connectivity index (χ4n) is 0.586. The minimum Gasteiger partial charge on any atom is -0.355 e. The van der Waals surface area contributed by atoms with Crippen LogP contribution in [-0.4, -0.2) is 17.3 Å². The molecule has 0 spiro atoms. The zero-order valence-corrected chi connectivity index (χ0v) is 8.52. The average molecular weight is 220 g/mol. The summed E-state index contributed by atoms with van der Waals surface area (Å²) in [6.45, 7) is 4.50. The van der Waals surface area contributed by atoms with Gasteiger partial charge in [0.25, 0.3) is 0 Å². The van der Waals surface area contributed by atoms with E-state index in [1.165, 1.54) is 0 Å². The minimum atomic E-state index is -0.0897. The molecule has 64 valence electrons. The van der Waals surface area contributed by atoms with Crippen molar-refractivity contribution in [1.82, 2.24) is 5.32 Å². The number of allylic oxidation sites excluding steroid dienone is 1. The molecule has 0 aromatic heterocycles. The molecular formula is C8H14BrNO. The van der Waals surface area contributed by atoms with E-state index in [1.807, 2.05) is 26.0 Å². The molecule has 0 fully saturated rings. The van der Waals surface area contributed by atoms with E-state index in [9.17, 15) is 4.79 Å². The zero-order valence-electron chi connectivity index (χ0n) is 6.93. The van der Waals surface area contributed by atoms with Crippen LogP contribution in [0.5, 0.6) is 0 Å². The Hall–Kier alpha value is -0.310. The van der Waals surface area contributed by atoms with Gasteiger partial charge in [0.05, 0.1) is 4.83 Å². The number of nitrogens with one attached hydrogen (secondary N) is 1. The van der Waals surface area contributed by atoms with Gasteiger partial charge < -0.3 is 5.32 Å². The Bertz CT molecular complexity index is 143. The predicted octanol–water partition coefficient (Wildman–Crippen LogP) is 1.85. The van der Waals surface area contributed by atoms with Gasteiger partial charge >= 0.3 is 0 Å². The summed E-state index contributed by atoms with van der Waals surface area (Å²) < 4.78 is 0. The van der Waals surface area contributed by atoms with Crippen LogP contribution in [0.2, 0.25) is 0 Å². The van der Waals surface area contributed by atoms with Crippen molar-refractivity contribution in [3.63, 3.8) is 0 Å². The maximum Gasteiger partial charge on any atom is 0.233 e. The number of carbonyl (C=O) groups excluding carboxylic acids is 1. The predicted molar refractivity (Wildman–Crippen MR) is 50.8 cm³/mol. The highest BCUT2D eigenvalue weighted by molar-refractivity contribution is 9.10. The second-order valence-corrected chi connectivity index (χ2v) is 3.64. The van der Waals surface area contributed by atoms with Gasteiger partial charge in [0.1, 0.15) is 0 Å². The van der Waals surface area contributed by atoms with Crippen LogP contribution in [-0.2, 0) is 4.79 Å². The lowest BCUT2D eigenvalue weighted by atomic mass is 10.3. The highest BCUT2D eigenvalue weighted by Gasteiger charge is 2.05. The van der Waals surface area contributed by atoms with Crippen LogP contribution in [0.25, 0.3) is 0 Å². The standard InChI is InChI=1S/C8H14BrNO/c1-3-4-5-6-10-8(11)7(2)9/h3-4,7H,5-6H2,1-2H3,(H,10,11)/b4-3+. The number of hydrogen-bond donors (Lipinski definition) is 1. The Morgan fingerprint density at radius 1 is 1.73 bits per heavy atom. The average Bonchev–Trinajstić information content (AvgIpc) is 1.97. The lowest BCUT2D eigenvalue weighted by Gasteiger charge is -2.03. The first-order chi connectivity index (χ1) is 5.18. The molecule has 0 rings (SSSR count). The zero-order chi connectivity index (χ0) is 8.69. The van der Waals surface area contributed by atoms with Crippen LogP contribution >= 0.6 is 15.9 Å². The van der Waals surface area contributed by atoms with Crippen LogP contribution in [0.1, 0.15) is 20.3 Å². The largest absolute Gasteiger partial charge is 0.355 e. The molecule has 0 bridgehead atoms. The summed E-state index contributed by atoms with van der Waals surface area (Å²) in [5.41, 5.74) is 0. The van der Waals surface area contributed by atoms with Crippen LogP contribution in [0.15, 0.2) is 12.2 Å². The summed E-state index contributed by atoms with van der Waals surface area (Å²) in [6.07, 6.45) is 4.91. The van der Waals surface area contributed by atoms with Gasteiger partial charge in [-0.2, -0.15) is 0 Å². The molecule has 2 nitrogen and oxygen atoms in total. The molecule has 0 radical (unpaired) electrons. The summed E-state index contributed by atoms with van der Waals surface area (Å²) in [6, 6.07) is 0. The molecule has 1 N–H and O–H groups in total. The molecule has 0 aliphatic carbocycles. The number of halogens is 1. The normalized spacial score (nSPS) is 13.4. The topological polar surface area (TPSA) is 29.1 Å². The van der Waals surface area contributed by atoms with E-state index < -0.39 is 0 Å². The van der Waals surface area contributed by atoms with Crippen molar-refractivity contribution < 1.29 is 4.79 Å². The van der Waals surface area contributed by atoms with Crippen molar-refractivity contribution in [2.75, 3.05) is 6.54 Å². The van der Waals surface area contributed by atoms with E-state index in [2.05, 4.69) is 21.2 Å². The lowest BCUT2D eigenvalue weighted by molar-refractivity contribution is -0.120. The van der Waals surface area contributed by atoms with Crippen molar-refractivity contribution in [1.29, 1.82) is 0 Å². The molecule has 3 heteroatoms. The summed E-state index contributed by atoms with van der Waals surface area (Å²) in [4.78, 5) is 10.8. The summed E-state index contributed by atoms with van der Waals surface area (Å²) in [5, 5.41) is 2.78. The van der Waals surface area contributed by atoms with E-state index >= 15 is 0 Å². The molecule has 0 aliphatic heterocycles. The fourth-order valence-corrected chi connectivity index (χ4v) is 0.748. The molecule has 1 unspecified atom stereocenters. The second-order valence-electron chi connectivity index (χ2n) is 2.26. The third-order valence-electron chi connectivity index (χ3n) is 1.21. The molecule has 0 heterocycles. The molecule has 0 aromatic rings. The molecule has 0 aliphatic rings. The Labute approximate surface area is 76.2 Å². The van der Waals surface area contributed by atoms with Crippen molar-refractivity contribution >= 4 is 21.8 Å². The van der Waals surface area contributed by atoms with E-state index in [4.69, 9.17) is 0 Å². The lowest BCUT2D eigenvalue weighted by Crippen LogP contribution is -2.29. The molecule has 0 aromatic carbocycles. The number of alkyl halides is 1. The highest BCUT2D eigenvalue weighted by Crippen LogP contribution is 1.95. The van der Waals surface area contributed by atoms with Gasteiger partial charge in [0.2, 0.25) is 5.91 Å². The maximum absolute atomic E-state index is 10.9. The van der Waals surface area contributed by atoms with Gasteiger partial charge in [-0.05, 0) is 20.3 Å². The van der Waals surface area contributed by atoms with Crippen LogP contribution in [0.4, 0.5) is 0 Å². The summed E-state index contributed by atoms with van der Waals surface area (Å²) >= 11 is 3.18. The Kier molecular flexibility index (Phi) is 6.22. The van der Waals surface area contributed by atoms with E-state index in [0.717, 1.165) is 13.0 Å². The first kappa shape index (κ1) is 10.7. The molecular weight excluding hydrogens is 206 g/mol. The first-order valence-corrected chi connectivity index (χ1v) is 4.63. The quantitative estimate of drug-likeness (QED) is 0.437. The van der Waals surface area contributed by atoms with Crippen molar-refractivity contribution in [2.24, 2.45) is 0 Å². The maximum atomic E-state index is 10.9. The minimum absolute atomic E-state index is 0.0505.